The van der Waals surface area contributed by atoms with E-state index in [1.54, 1.807) is 13.0 Å². The van der Waals surface area contributed by atoms with E-state index in [0.717, 1.165) is 24.8 Å². The van der Waals surface area contributed by atoms with Crippen LogP contribution in [0.25, 0.3) is 0 Å². The first-order valence-corrected chi connectivity index (χ1v) is 14.6. The van der Waals surface area contributed by atoms with E-state index in [4.69, 9.17) is 14.2 Å². The summed E-state index contributed by atoms with van der Waals surface area (Å²) >= 11 is 0. The maximum Gasteiger partial charge on any atom is 0.331 e. The molecule has 0 bridgehead atoms. The van der Waals surface area contributed by atoms with Crippen LogP contribution in [0.5, 0.6) is 0 Å². The second-order valence-corrected chi connectivity index (χ2v) is 13.5. The summed E-state index contributed by atoms with van der Waals surface area (Å²) in [6, 6.07) is 0. The van der Waals surface area contributed by atoms with Crippen molar-refractivity contribution in [3.63, 3.8) is 0 Å². The standard InChI is InChI=1S/C29H44O9/c1-16-25(33)22(31)12-24(37-16)38-18-3-8-27(15-30)20-4-7-26(2)19(17-11-23(32)36-14-17)6-10-29(26,35)21(20)5-9-28(27,34)13-18/h11,16,18-22,24-25,30-31,33-35H,3-10,12-15H2,1-2H3/t16-,18+,19-,20-,21+,22+,24+,25+,26+,27-,28-,29-/m0/s1. The van der Waals surface area contributed by atoms with Gasteiger partial charge in [-0.25, -0.2) is 4.79 Å². The van der Waals surface area contributed by atoms with Crippen molar-refractivity contribution in [3.8, 4) is 0 Å². The molecule has 9 heteroatoms. The SMILES string of the molecule is C[C@@H]1O[C@H](O[C@@H]2CC[C@]3(CO)[C@H]4CC[C@]5(C)[C@H](C6=CC(=O)OC6)CC[C@]5(O)[C@@H]4CC[C@]3(O)C2)C[C@@H](O)[C@@H]1O. The van der Waals surface area contributed by atoms with Gasteiger partial charge in [0.05, 0.1) is 36.1 Å². The zero-order valence-electron chi connectivity index (χ0n) is 22.6. The second-order valence-electron chi connectivity index (χ2n) is 13.5. The Bertz CT molecular complexity index is 973. The van der Waals surface area contributed by atoms with Gasteiger partial charge in [0.25, 0.3) is 0 Å². The lowest BCUT2D eigenvalue weighted by molar-refractivity contribution is -0.297. The molecule has 4 aliphatic carbocycles. The van der Waals surface area contributed by atoms with Crippen LogP contribution in [-0.4, -0.2) is 86.6 Å². The molecule has 6 aliphatic rings. The third-order valence-electron chi connectivity index (χ3n) is 12.1. The van der Waals surface area contributed by atoms with Crippen LogP contribution in [0.2, 0.25) is 0 Å². The number of carbonyl (C=O) groups excluding carboxylic acids is 1. The van der Waals surface area contributed by atoms with Crippen LogP contribution >= 0.6 is 0 Å². The minimum Gasteiger partial charge on any atom is -0.458 e. The summed E-state index contributed by atoms with van der Waals surface area (Å²) in [5.74, 6) is -0.245. The fraction of sp³-hybridized carbons (Fsp3) is 0.897. The molecule has 38 heavy (non-hydrogen) atoms. The molecule has 0 amide bonds. The van der Waals surface area contributed by atoms with Gasteiger partial charge in [0.2, 0.25) is 0 Å². The smallest absolute Gasteiger partial charge is 0.331 e. The van der Waals surface area contributed by atoms with Gasteiger partial charge in [0, 0.05) is 29.7 Å². The molecule has 4 saturated carbocycles. The largest absolute Gasteiger partial charge is 0.458 e. The number of hydrogen-bond acceptors (Lipinski definition) is 9. The fourth-order valence-electron chi connectivity index (χ4n) is 9.94. The zero-order valence-corrected chi connectivity index (χ0v) is 22.6. The Morgan fingerprint density at radius 2 is 1.82 bits per heavy atom. The highest BCUT2D eigenvalue weighted by atomic mass is 16.7. The second kappa shape index (κ2) is 9.23. The van der Waals surface area contributed by atoms with Crippen molar-refractivity contribution in [2.75, 3.05) is 13.2 Å². The van der Waals surface area contributed by atoms with Crippen LogP contribution < -0.4 is 0 Å². The van der Waals surface area contributed by atoms with Crippen LogP contribution in [0.1, 0.15) is 78.1 Å². The van der Waals surface area contributed by atoms with E-state index in [9.17, 15) is 30.3 Å². The van der Waals surface area contributed by atoms with E-state index in [-0.39, 0.29) is 48.3 Å². The van der Waals surface area contributed by atoms with Crippen LogP contribution in [0.3, 0.4) is 0 Å². The predicted octanol–water partition coefficient (Wildman–Crippen LogP) is 1.57. The highest BCUT2D eigenvalue weighted by Gasteiger charge is 2.71. The fourth-order valence-corrected chi connectivity index (χ4v) is 9.94. The van der Waals surface area contributed by atoms with E-state index in [1.807, 2.05) is 0 Å². The number of aliphatic hydroxyl groups excluding tert-OH is 3. The summed E-state index contributed by atoms with van der Waals surface area (Å²) in [6.45, 7) is 4.05. The van der Waals surface area contributed by atoms with Gasteiger partial charge < -0.3 is 39.7 Å². The van der Waals surface area contributed by atoms with Crippen molar-refractivity contribution >= 4 is 5.97 Å². The molecule has 5 N–H and O–H groups in total. The van der Waals surface area contributed by atoms with E-state index in [2.05, 4.69) is 6.92 Å². The quantitative estimate of drug-likeness (QED) is 0.267. The van der Waals surface area contributed by atoms with Gasteiger partial charge in [0.1, 0.15) is 12.7 Å². The third kappa shape index (κ3) is 3.72. The Kier molecular flexibility index (Phi) is 6.58. The molecule has 0 unspecified atom stereocenters. The highest BCUT2D eigenvalue weighted by Crippen LogP contribution is 2.70. The normalized spacial score (nSPS) is 54.5. The topological polar surface area (TPSA) is 146 Å². The Hall–Kier alpha value is -1.07. The van der Waals surface area contributed by atoms with Crippen molar-refractivity contribution in [2.24, 2.45) is 28.6 Å². The lowest BCUT2D eigenvalue weighted by Crippen LogP contribution is -2.69. The van der Waals surface area contributed by atoms with Crippen molar-refractivity contribution in [1.82, 2.24) is 0 Å². The maximum atomic E-state index is 12.4. The molecule has 0 spiro atoms. The van der Waals surface area contributed by atoms with Gasteiger partial charge in [-0.05, 0) is 81.6 Å². The average molecular weight is 537 g/mol. The van der Waals surface area contributed by atoms with Crippen molar-refractivity contribution in [3.05, 3.63) is 11.6 Å². The number of hydrogen-bond donors (Lipinski definition) is 5. The monoisotopic (exact) mass is 536 g/mol. The molecule has 2 aliphatic heterocycles. The van der Waals surface area contributed by atoms with E-state index >= 15 is 0 Å². The Labute approximate surface area is 224 Å². The summed E-state index contributed by atoms with van der Waals surface area (Å²) in [4.78, 5) is 11.8. The first-order chi connectivity index (χ1) is 18.0. The number of rotatable bonds is 4. The molecule has 12 atom stereocenters. The summed E-state index contributed by atoms with van der Waals surface area (Å²) in [6.07, 6.45) is 4.24. The third-order valence-corrected chi connectivity index (χ3v) is 12.1. The molecule has 2 heterocycles. The van der Waals surface area contributed by atoms with Crippen LogP contribution in [0, 0.1) is 28.6 Å². The molecular formula is C29H44O9. The molecule has 0 aromatic heterocycles. The molecule has 0 aromatic rings. The molecule has 0 radical (unpaired) electrons. The number of ether oxygens (including phenoxy) is 3. The van der Waals surface area contributed by atoms with Crippen LogP contribution in [0.4, 0.5) is 0 Å². The summed E-state index contributed by atoms with van der Waals surface area (Å²) in [5.41, 5.74) is -2.15. The maximum absolute atomic E-state index is 12.4. The van der Waals surface area contributed by atoms with Gasteiger partial charge >= 0.3 is 5.97 Å². The van der Waals surface area contributed by atoms with Crippen molar-refractivity contribution in [1.29, 1.82) is 0 Å². The average Bonchev–Trinajstić information content (AvgIpc) is 3.41. The van der Waals surface area contributed by atoms with E-state index in [1.165, 1.54) is 0 Å². The minimum atomic E-state index is -1.12. The highest BCUT2D eigenvalue weighted by molar-refractivity contribution is 5.85. The Morgan fingerprint density at radius 1 is 1.05 bits per heavy atom. The van der Waals surface area contributed by atoms with Crippen molar-refractivity contribution in [2.45, 2.75) is 120 Å². The molecule has 9 nitrogen and oxygen atoms in total. The van der Waals surface area contributed by atoms with Crippen molar-refractivity contribution < 1.29 is 44.5 Å². The number of carbonyl (C=O) groups is 1. The lowest BCUT2D eigenvalue weighted by atomic mass is 9.41. The first kappa shape index (κ1) is 27.1. The van der Waals surface area contributed by atoms with E-state index < -0.39 is 41.2 Å². The Balaban J connectivity index is 1.21. The number of cyclic esters (lactones) is 1. The molecule has 6 rings (SSSR count). The number of fused-ring (bicyclic) bond motifs is 5. The van der Waals surface area contributed by atoms with Gasteiger partial charge in [-0.3, -0.25) is 0 Å². The number of esters is 1. The number of aliphatic hydroxyl groups is 5. The van der Waals surface area contributed by atoms with Gasteiger partial charge in [0.15, 0.2) is 6.29 Å². The Morgan fingerprint density at radius 3 is 2.50 bits per heavy atom. The first-order valence-electron chi connectivity index (χ1n) is 14.6. The lowest BCUT2D eigenvalue weighted by Gasteiger charge is -2.66. The summed E-state index contributed by atoms with van der Waals surface area (Å²) in [7, 11) is 0. The minimum absolute atomic E-state index is 0.0117. The molecule has 214 valence electrons. The summed E-state index contributed by atoms with van der Waals surface area (Å²) < 4.78 is 17.2. The predicted molar refractivity (Wildman–Crippen MR) is 134 cm³/mol. The molecular weight excluding hydrogens is 492 g/mol. The van der Waals surface area contributed by atoms with Crippen LogP contribution in [-0.2, 0) is 19.0 Å². The van der Waals surface area contributed by atoms with Gasteiger partial charge in [-0.15, -0.1) is 0 Å². The molecule has 5 fully saturated rings. The van der Waals surface area contributed by atoms with E-state index in [0.29, 0.717) is 45.1 Å². The summed E-state index contributed by atoms with van der Waals surface area (Å²) in [5, 5.41) is 55.6. The van der Waals surface area contributed by atoms with Gasteiger partial charge in [-0.2, -0.15) is 0 Å². The molecule has 0 aromatic carbocycles. The molecule has 1 saturated heterocycles. The van der Waals surface area contributed by atoms with Crippen LogP contribution in [0.15, 0.2) is 11.6 Å². The van der Waals surface area contributed by atoms with Gasteiger partial charge in [-0.1, -0.05) is 6.92 Å². The zero-order chi connectivity index (χ0) is 27.1.